The Bertz CT molecular complexity index is 425. The van der Waals surface area contributed by atoms with Crippen molar-refractivity contribution >= 4 is 21.8 Å². The number of carbonyl (C=O) groups excluding carboxylic acids is 1. The van der Waals surface area contributed by atoms with Gasteiger partial charge in [0, 0.05) is 16.9 Å². The summed E-state index contributed by atoms with van der Waals surface area (Å²) in [5, 5.41) is 3.06. The molecule has 0 aliphatic heterocycles. The lowest BCUT2D eigenvalue weighted by Gasteiger charge is -2.25. The summed E-state index contributed by atoms with van der Waals surface area (Å²) in [7, 11) is 0. The lowest BCUT2D eigenvalue weighted by molar-refractivity contribution is -0.127. The molecule has 98 valence electrons. The molecule has 0 spiro atoms. The second-order valence-electron chi connectivity index (χ2n) is 5.78. The van der Waals surface area contributed by atoms with Gasteiger partial charge in [0.05, 0.1) is 0 Å². The number of nitrogens with one attached hydrogen (secondary N) is 1. The molecular weight excluding hydrogens is 290 g/mol. The SMILES string of the molecule is CC1(C)CCCC1C(=O)NCc1ccc(Br)cc1. The number of rotatable bonds is 3. The Morgan fingerprint density at radius 3 is 2.61 bits per heavy atom. The monoisotopic (exact) mass is 309 g/mol. The second kappa shape index (κ2) is 5.43. The van der Waals surface area contributed by atoms with Crippen LogP contribution >= 0.6 is 15.9 Å². The van der Waals surface area contributed by atoms with Crippen LogP contribution in [-0.4, -0.2) is 5.91 Å². The molecule has 0 heterocycles. The van der Waals surface area contributed by atoms with Gasteiger partial charge in [-0.3, -0.25) is 4.79 Å². The fourth-order valence-corrected chi connectivity index (χ4v) is 2.99. The Labute approximate surface area is 117 Å². The molecule has 18 heavy (non-hydrogen) atoms. The smallest absolute Gasteiger partial charge is 0.223 e. The minimum absolute atomic E-state index is 0.157. The van der Waals surface area contributed by atoms with Crippen molar-refractivity contribution in [1.82, 2.24) is 5.32 Å². The Kier molecular flexibility index (Phi) is 4.10. The predicted molar refractivity (Wildman–Crippen MR) is 77.1 cm³/mol. The number of hydrogen-bond donors (Lipinski definition) is 1. The molecule has 1 aromatic carbocycles. The number of hydrogen-bond acceptors (Lipinski definition) is 1. The number of amides is 1. The van der Waals surface area contributed by atoms with Crippen LogP contribution in [0.2, 0.25) is 0 Å². The molecule has 1 N–H and O–H groups in total. The van der Waals surface area contributed by atoms with Gasteiger partial charge in [-0.25, -0.2) is 0 Å². The van der Waals surface area contributed by atoms with Crippen molar-refractivity contribution in [2.75, 3.05) is 0 Å². The van der Waals surface area contributed by atoms with Gasteiger partial charge < -0.3 is 5.32 Å². The molecule has 1 amide bonds. The van der Waals surface area contributed by atoms with Crippen LogP contribution in [0.1, 0.15) is 38.7 Å². The molecule has 1 aliphatic carbocycles. The molecule has 2 nitrogen and oxygen atoms in total. The highest BCUT2D eigenvalue weighted by Gasteiger charge is 2.38. The van der Waals surface area contributed by atoms with Crippen LogP contribution < -0.4 is 5.32 Å². The summed E-state index contributed by atoms with van der Waals surface area (Å²) in [6.45, 7) is 5.02. The zero-order valence-electron chi connectivity index (χ0n) is 11.0. The normalized spacial score (nSPS) is 21.8. The molecule has 0 saturated heterocycles. The quantitative estimate of drug-likeness (QED) is 0.901. The number of carbonyl (C=O) groups is 1. The highest BCUT2D eigenvalue weighted by molar-refractivity contribution is 9.10. The fraction of sp³-hybridized carbons (Fsp3) is 0.533. The first-order chi connectivity index (χ1) is 8.49. The van der Waals surface area contributed by atoms with Crippen LogP contribution in [0.5, 0.6) is 0 Å². The number of benzene rings is 1. The van der Waals surface area contributed by atoms with E-state index < -0.39 is 0 Å². The van der Waals surface area contributed by atoms with E-state index in [-0.39, 0.29) is 17.2 Å². The van der Waals surface area contributed by atoms with Gasteiger partial charge in [0.15, 0.2) is 0 Å². The number of halogens is 1. The van der Waals surface area contributed by atoms with Crippen LogP contribution in [-0.2, 0) is 11.3 Å². The van der Waals surface area contributed by atoms with Crippen LogP contribution in [0.15, 0.2) is 28.7 Å². The third-order valence-electron chi connectivity index (χ3n) is 3.95. The molecule has 3 heteroatoms. The Morgan fingerprint density at radius 1 is 1.39 bits per heavy atom. The lowest BCUT2D eigenvalue weighted by atomic mass is 9.81. The van der Waals surface area contributed by atoms with Gasteiger partial charge in [-0.2, -0.15) is 0 Å². The van der Waals surface area contributed by atoms with Gasteiger partial charge in [-0.15, -0.1) is 0 Å². The molecule has 2 rings (SSSR count). The first-order valence-electron chi connectivity index (χ1n) is 6.51. The molecular formula is C15H20BrNO. The average Bonchev–Trinajstić information content (AvgIpc) is 2.68. The minimum atomic E-state index is 0.157. The first kappa shape index (κ1) is 13.6. The first-order valence-corrected chi connectivity index (χ1v) is 7.30. The summed E-state index contributed by atoms with van der Waals surface area (Å²) in [5.74, 6) is 0.383. The third kappa shape index (κ3) is 3.14. The Balaban J connectivity index is 1.90. The molecule has 0 bridgehead atoms. The largest absolute Gasteiger partial charge is 0.352 e. The molecule has 1 fully saturated rings. The van der Waals surface area contributed by atoms with Crippen molar-refractivity contribution in [2.24, 2.45) is 11.3 Å². The fourth-order valence-electron chi connectivity index (χ4n) is 2.73. The average molecular weight is 310 g/mol. The van der Waals surface area contributed by atoms with Crippen LogP contribution in [0.4, 0.5) is 0 Å². The molecule has 0 radical (unpaired) electrons. The van der Waals surface area contributed by atoms with Gasteiger partial charge in [0.1, 0.15) is 0 Å². The Morgan fingerprint density at radius 2 is 2.06 bits per heavy atom. The predicted octanol–water partition coefficient (Wildman–Crippen LogP) is 3.89. The van der Waals surface area contributed by atoms with E-state index >= 15 is 0 Å². The van der Waals surface area contributed by atoms with E-state index in [2.05, 4.69) is 35.1 Å². The maximum absolute atomic E-state index is 12.2. The molecule has 1 atom stereocenters. The van der Waals surface area contributed by atoms with E-state index in [1.807, 2.05) is 24.3 Å². The van der Waals surface area contributed by atoms with Crippen molar-refractivity contribution in [3.63, 3.8) is 0 Å². The maximum atomic E-state index is 12.2. The summed E-state index contributed by atoms with van der Waals surface area (Å²) in [6, 6.07) is 8.07. The minimum Gasteiger partial charge on any atom is -0.352 e. The third-order valence-corrected chi connectivity index (χ3v) is 4.48. The summed E-state index contributed by atoms with van der Waals surface area (Å²) in [5.41, 5.74) is 1.30. The summed E-state index contributed by atoms with van der Waals surface area (Å²) >= 11 is 3.41. The zero-order valence-corrected chi connectivity index (χ0v) is 12.6. The van der Waals surface area contributed by atoms with Gasteiger partial charge in [-0.1, -0.05) is 48.3 Å². The van der Waals surface area contributed by atoms with E-state index in [9.17, 15) is 4.79 Å². The summed E-state index contributed by atoms with van der Waals surface area (Å²) in [4.78, 5) is 12.2. The van der Waals surface area contributed by atoms with E-state index in [4.69, 9.17) is 0 Å². The van der Waals surface area contributed by atoms with Gasteiger partial charge in [-0.05, 0) is 36.0 Å². The highest BCUT2D eigenvalue weighted by atomic mass is 79.9. The van der Waals surface area contributed by atoms with Gasteiger partial charge in [0.2, 0.25) is 5.91 Å². The topological polar surface area (TPSA) is 29.1 Å². The zero-order chi connectivity index (χ0) is 13.2. The van der Waals surface area contributed by atoms with Crippen molar-refractivity contribution < 1.29 is 4.79 Å². The van der Waals surface area contributed by atoms with Crippen molar-refractivity contribution in [3.8, 4) is 0 Å². The van der Waals surface area contributed by atoms with Crippen molar-refractivity contribution in [1.29, 1.82) is 0 Å². The lowest BCUT2D eigenvalue weighted by Crippen LogP contribution is -2.35. The van der Waals surface area contributed by atoms with Crippen LogP contribution in [0.3, 0.4) is 0 Å². The second-order valence-corrected chi connectivity index (χ2v) is 6.69. The van der Waals surface area contributed by atoms with E-state index in [1.54, 1.807) is 0 Å². The van der Waals surface area contributed by atoms with E-state index in [1.165, 1.54) is 6.42 Å². The van der Waals surface area contributed by atoms with Crippen LogP contribution in [0, 0.1) is 11.3 Å². The van der Waals surface area contributed by atoms with Crippen molar-refractivity contribution in [2.45, 2.75) is 39.7 Å². The molecule has 1 aromatic rings. The molecule has 0 aromatic heterocycles. The maximum Gasteiger partial charge on any atom is 0.223 e. The highest BCUT2D eigenvalue weighted by Crippen LogP contribution is 2.42. The van der Waals surface area contributed by atoms with E-state index in [0.717, 1.165) is 22.9 Å². The molecule has 1 unspecified atom stereocenters. The van der Waals surface area contributed by atoms with Crippen molar-refractivity contribution in [3.05, 3.63) is 34.3 Å². The Hall–Kier alpha value is -0.830. The molecule has 1 saturated carbocycles. The van der Waals surface area contributed by atoms with Crippen LogP contribution in [0.25, 0.3) is 0 Å². The van der Waals surface area contributed by atoms with Gasteiger partial charge in [0.25, 0.3) is 0 Å². The summed E-state index contributed by atoms with van der Waals surface area (Å²) in [6.07, 6.45) is 3.35. The summed E-state index contributed by atoms with van der Waals surface area (Å²) < 4.78 is 1.06. The van der Waals surface area contributed by atoms with Gasteiger partial charge >= 0.3 is 0 Å². The van der Waals surface area contributed by atoms with E-state index in [0.29, 0.717) is 6.54 Å². The standard InChI is InChI=1S/C15H20BrNO/c1-15(2)9-3-4-13(15)14(18)17-10-11-5-7-12(16)8-6-11/h5-8,13H,3-4,9-10H2,1-2H3,(H,17,18). The molecule has 1 aliphatic rings.